The van der Waals surface area contributed by atoms with Gasteiger partial charge >= 0.3 is 6.09 Å². The summed E-state index contributed by atoms with van der Waals surface area (Å²) in [5.74, 6) is -0.0185. The first-order valence-electron chi connectivity index (χ1n) is 12.2. The van der Waals surface area contributed by atoms with Crippen molar-refractivity contribution in [3.05, 3.63) is 70.3 Å². The van der Waals surface area contributed by atoms with E-state index in [0.717, 1.165) is 32.5 Å². The van der Waals surface area contributed by atoms with E-state index in [9.17, 15) is 9.59 Å². The Labute approximate surface area is 212 Å². The highest BCUT2D eigenvalue weighted by molar-refractivity contribution is 6.31. The average molecular weight is 496 g/mol. The van der Waals surface area contributed by atoms with Crippen molar-refractivity contribution in [2.24, 2.45) is 0 Å². The van der Waals surface area contributed by atoms with Crippen molar-refractivity contribution in [1.29, 1.82) is 0 Å². The van der Waals surface area contributed by atoms with Gasteiger partial charge < -0.3 is 9.64 Å². The molecule has 0 aliphatic carbocycles. The van der Waals surface area contributed by atoms with Crippen molar-refractivity contribution in [2.45, 2.75) is 64.8 Å². The van der Waals surface area contributed by atoms with Gasteiger partial charge in [-0.1, -0.05) is 47.5 Å². The summed E-state index contributed by atoms with van der Waals surface area (Å²) >= 11 is 6.14. The molecule has 2 saturated heterocycles. The van der Waals surface area contributed by atoms with Gasteiger partial charge in [0.25, 0.3) is 0 Å². The summed E-state index contributed by atoms with van der Waals surface area (Å²) in [4.78, 5) is 29.8. The lowest BCUT2D eigenvalue weighted by molar-refractivity contribution is -0.129. The van der Waals surface area contributed by atoms with Crippen LogP contribution in [-0.2, 0) is 16.1 Å². The van der Waals surface area contributed by atoms with Crippen molar-refractivity contribution < 1.29 is 14.3 Å². The maximum Gasteiger partial charge on any atom is 0.412 e. The summed E-state index contributed by atoms with van der Waals surface area (Å²) in [5.41, 5.74) is 3.16. The molecule has 4 rings (SSSR count). The number of ether oxygens (including phenoxy) is 1. The second kappa shape index (κ2) is 10.4. The fourth-order valence-electron chi connectivity index (χ4n) is 4.79. The molecule has 2 heterocycles. The van der Waals surface area contributed by atoms with Gasteiger partial charge in [0.2, 0.25) is 5.91 Å². The molecule has 2 aliphatic heterocycles. The topological polar surface area (TPSA) is 61.9 Å². The lowest BCUT2D eigenvalue weighted by Crippen LogP contribution is -2.54. The van der Waals surface area contributed by atoms with Gasteiger partial charge in [-0.05, 0) is 69.9 Å². The molecule has 2 aliphatic rings. The molecule has 0 spiro atoms. The van der Waals surface area contributed by atoms with Crippen molar-refractivity contribution in [3.63, 3.8) is 0 Å². The number of piperazine rings is 1. The molecule has 0 radical (unpaired) electrons. The van der Waals surface area contributed by atoms with Crippen LogP contribution in [0.5, 0.6) is 0 Å². The van der Waals surface area contributed by atoms with Gasteiger partial charge in [-0.3, -0.25) is 15.0 Å². The number of aryl methyl sites for hydroxylation is 1. The standard InChI is InChI=1S/C28H34ClN3O3/c1-19-5-7-20(8-6-19)16-32-23-12-13-24(32)18-31(17-23)26(33)14-10-21-9-11-22(29)15-25(21)30-27(34)35-28(2,3)4/h5-11,14-15,23-24H,12-13,16-18H2,1-4H3,(H,30,34). The quantitative estimate of drug-likeness (QED) is 0.526. The number of fused-ring (bicyclic) bond motifs is 2. The van der Waals surface area contributed by atoms with Crippen LogP contribution in [0.3, 0.4) is 0 Å². The Morgan fingerprint density at radius 1 is 1.09 bits per heavy atom. The number of nitrogens with one attached hydrogen (secondary N) is 1. The fourth-order valence-corrected chi connectivity index (χ4v) is 4.97. The van der Waals surface area contributed by atoms with Crippen LogP contribution in [0.1, 0.15) is 50.3 Å². The number of benzene rings is 2. The van der Waals surface area contributed by atoms with Gasteiger partial charge in [0.05, 0.1) is 5.69 Å². The number of likely N-dealkylation sites (tertiary alicyclic amines) is 1. The monoisotopic (exact) mass is 495 g/mol. The summed E-state index contributed by atoms with van der Waals surface area (Å²) in [6.07, 6.45) is 4.97. The van der Waals surface area contributed by atoms with Crippen LogP contribution >= 0.6 is 11.6 Å². The van der Waals surface area contributed by atoms with E-state index in [-0.39, 0.29) is 5.91 Å². The van der Waals surface area contributed by atoms with Crippen LogP contribution in [0.2, 0.25) is 5.02 Å². The number of anilines is 1. The molecule has 0 saturated carbocycles. The zero-order valence-electron chi connectivity index (χ0n) is 20.9. The van der Waals surface area contributed by atoms with Gasteiger partial charge in [-0.25, -0.2) is 4.79 Å². The zero-order valence-corrected chi connectivity index (χ0v) is 21.6. The highest BCUT2D eigenvalue weighted by Gasteiger charge is 2.40. The third-order valence-corrected chi connectivity index (χ3v) is 6.72. The highest BCUT2D eigenvalue weighted by Crippen LogP contribution is 2.32. The summed E-state index contributed by atoms with van der Waals surface area (Å²) in [6.45, 7) is 9.90. The predicted octanol–water partition coefficient (Wildman–Crippen LogP) is 5.88. The summed E-state index contributed by atoms with van der Waals surface area (Å²) in [6, 6.07) is 14.6. The first-order valence-corrected chi connectivity index (χ1v) is 12.5. The second-order valence-electron chi connectivity index (χ2n) is 10.5. The summed E-state index contributed by atoms with van der Waals surface area (Å²) < 4.78 is 5.35. The molecule has 2 fully saturated rings. The van der Waals surface area contributed by atoms with E-state index in [1.807, 2.05) is 4.90 Å². The zero-order chi connectivity index (χ0) is 25.2. The molecule has 35 heavy (non-hydrogen) atoms. The molecule has 7 heteroatoms. The first kappa shape index (κ1) is 25.3. The third kappa shape index (κ3) is 6.65. The lowest BCUT2D eigenvalue weighted by Gasteiger charge is -2.40. The van der Waals surface area contributed by atoms with E-state index in [2.05, 4.69) is 41.4 Å². The maximum absolute atomic E-state index is 13.1. The largest absolute Gasteiger partial charge is 0.444 e. The number of hydrogen-bond acceptors (Lipinski definition) is 4. The van der Waals surface area contributed by atoms with Crippen LogP contribution in [0.4, 0.5) is 10.5 Å². The van der Waals surface area contributed by atoms with Crippen molar-refractivity contribution >= 4 is 35.4 Å². The first-order chi connectivity index (χ1) is 16.6. The second-order valence-corrected chi connectivity index (χ2v) is 10.9. The highest BCUT2D eigenvalue weighted by atomic mass is 35.5. The number of halogens is 1. The molecule has 186 valence electrons. The normalized spacial score (nSPS) is 20.3. The molecule has 6 nitrogen and oxygen atoms in total. The smallest absolute Gasteiger partial charge is 0.412 e. The number of amides is 2. The van der Waals surface area contributed by atoms with Crippen LogP contribution < -0.4 is 5.32 Å². The molecule has 2 aromatic carbocycles. The molecule has 2 atom stereocenters. The number of nitrogens with zero attached hydrogens (tertiary/aromatic N) is 2. The molecule has 1 N–H and O–H groups in total. The molecule has 2 amide bonds. The molecular formula is C28H34ClN3O3. The van der Waals surface area contributed by atoms with E-state index in [1.54, 1.807) is 51.1 Å². The number of rotatable bonds is 5. The minimum Gasteiger partial charge on any atom is -0.444 e. The van der Waals surface area contributed by atoms with E-state index in [1.165, 1.54) is 11.1 Å². The summed E-state index contributed by atoms with van der Waals surface area (Å²) in [5, 5.41) is 3.23. The SMILES string of the molecule is Cc1ccc(CN2C3CCC2CN(C(=O)C=Cc2ccc(Cl)cc2NC(=O)OC(C)(C)C)C3)cc1. The molecule has 0 aromatic heterocycles. The van der Waals surface area contributed by atoms with Gasteiger partial charge in [0.15, 0.2) is 0 Å². The molecule has 2 unspecified atom stereocenters. The number of carbonyl (C=O) groups is 2. The Kier molecular flexibility index (Phi) is 7.53. The predicted molar refractivity (Wildman–Crippen MR) is 140 cm³/mol. The Hall–Kier alpha value is -2.83. The van der Waals surface area contributed by atoms with Gasteiger partial charge in [-0.15, -0.1) is 0 Å². The van der Waals surface area contributed by atoms with E-state index in [0.29, 0.717) is 28.4 Å². The molecule has 2 aromatic rings. The van der Waals surface area contributed by atoms with E-state index in [4.69, 9.17) is 16.3 Å². The van der Waals surface area contributed by atoms with Crippen LogP contribution in [0.15, 0.2) is 48.5 Å². The maximum atomic E-state index is 13.1. The number of carbonyl (C=O) groups excluding carboxylic acids is 2. The average Bonchev–Trinajstić information content (AvgIpc) is 2.99. The number of hydrogen-bond donors (Lipinski definition) is 1. The Morgan fingerprint density at radius 2 is 1.74 bits per heavy atom. The van der Waals surface area contributed by atoms with Crippen LogP contribution in [0.25, 0.3) is 6.08 Å². The van der Waals surface area contributed by atoms with Crippen molar-refractivity contribution in [2.75, 3.05) is 18.4 Å². The lowest BCUT2D eigenvalue weighted by atomic mass is 10.1. The van der Waals surface area contributed by atoms with Gasteiger partial charge in [-0.2, -0.15) is 0 Å². The molecular weight excluding hydrogens is 462 g/mol. The van der Waals surface area contributed by atoms with E-state index < -0.39 is 11.7 Å². The van der Waals surface area contributed by atoms with Gasteiger partial charge in [0, 0.05) is 42.8 Å². The molecule has 2 bridgehead atoms. The fraction of sp³-hybridized carbons (Fsp3) is 0.429. The third-order valence-electron chi connectivity index (χ3n) is 6.49. The van der Waals surface area contributed by atoms with Gasteiger partial charge in [0.1, 0.15) is 5.60 Å². The minimum atomic E-state index is -0.615. The van der Waals surface area contributed by atoms with E-state index >= 15 is 0 Å². The Bertz CT molecular complexity index is 1090. The Morgan fingerprint density at radius 3 is 2.37 bits per heavy atom. The van der Waals surface area contributed by atoms with Crippen molar-refractivity contribution in [1.82, 2.24) is 9.80 Å². The minimum absolute atomic E-state index is 0.0185. The van der Waals surface area contributed by atoms with Crippen LogP contribution in [0, 0.1) is 6.92 Å². The van der Waals surface area contributed by atoms with Crippen LogP contribution in [-0.4, -0.2) is 52.6 Å². The van der Waals surface area contributed by atoms with Crippen molar-refractivity contribution in [3.8, 4) is 0 Å². The Balaban J connectivity index is 1.40. The summed E-state index contributed by atoms with van der Waals surface area (Å²) in [7, 11) is 0.